The molecule has 0 aliphatic carbocycles. The van der Waals surface area contributed by atoms with E-state index in [1.165, 1.54) is 47.8 Å². The summed E-state index contributed by atoms with van der Waals surface area (Å²) in [6.45, 7) is 2.29. The van der Waals surface area contributed by atoms with Crippen molar-refractivity contribution in [2.45, 2.75) is 32.6 Å². The Kier molecular flexibility index (Phi) is 6.53. The van der Waals surface area contributed by atoms with Crippen molar-refractivity contribution in [1.29, 1.82) is 0 Å². The van der Waals surface area contributed by atoms with E-state index < -0.39 is 4.25 Å². The molecule has 136 valence electrons. The van der Waals surface area contributed by atoms with E-state index >= 15 is 0 Å². The van der Waals surface area contributed by atoms with Gasteiger partial charge in [-0.15, -0.1) is 0 Å². The van der Waals surface area contributed by atoms with Crippen LogP contribution in [0.2, 0.25) is 0 Å². The molecular weight excluding hydrogens is 446 g/mol. The molecule has 0 aromatic heterocycles. The van der Waals surface area contributed by atoms with Crippen molar-refractivity contribution in [3.05, 3.63) is 91.0 Å². The number of hydrogen-bond acceptors (Lipinski definition) is 0. The number of benzene rings is 3. The Labute approximate surface area is 171 Å². The van der Waals surface area contributed by atoms with Crippen LogP contribution in [0.4, 0.5) is 0 Å². The summed E-state index contributed by atoms with van der Waals surface area (Å²) in [6.07, 6.45) is 6.40. The number of unbranched alkanes of at least 4 members (excludes halogenated alkanes) is 3. The molecule has 2 heteroatoms. The summed E-state index contributed by atoms with van der Waals surface area (Å²) >= 11 is 2.89. The predicted octanol–water partition coefficient (Wildman–Crippen LogP) is 6.45. The van der Waals surface area contributed by atoms with Gasteiger partial charge in [-0.3, -0.25) is 0 Å². The Balaban J connectivity index is 2.24. The van der Waals surface area contributed by atoms with Crippen LogP contribution >= 0.6 is 26.3 Å². The Bertz CT molecular complexity index is 700. The summed E-state index contributed by atoms with van der Waals surface area (Å²) in [5.74, 6) is 0. The van der Waals surface area contributed by atoms with Gasteiger partial charge in [-0.2, -0.15) is 0 Å². The number of rotatable bonds is 8. The van der Waals surface area contributed by atoms with E-state index in [0.29, 0.717) is 0 Å². The molecule has 0 radical (unpaired) electrons. The third-order valence-electron chi connectivity index (χ3n) is 5.32. The van der Waals surface area contributed by atoms with Gasteiger partial charge < -0.3 is 0 Å². The Hall–Kier alpha value is -1.18. The van der Waals surface area contributed by atoms with Gasteiger partial charge in [0.05, 0.1) is 0 Å². The van der Waals surface area contributed by atoms with E-state index in [4.69, 9.17) is 0 Å². The van der Waals surface area contributed by atoms with E-state index in [9.17, 15) is 0 Å². The maximum atomic E-state index is 2.89. The van der Waals surface area contributed by atoms with Crippen LogP contribution in [0.5, 0.6) is 0 Å². The zero-order valence-electron chi connectivity index (χ0n) is 15.5. The van der Waals surface area contributed by atoms with Crippen molar-refractivity contribution in [1.82, 2.24) is 0 Å². The maximum absolute atomic E-state index is 2.89. The van der Waals surface area contributed by atoms with Crippen LogP contribution in [0.25, 0.3) is 0 Å². The second kappa shape index (κ2) is 8.67. The molecule has 26 heavy (non-hydrogen) atoms. The average Bonchev–Trinajstić information content (AvgIpc) is 2.73. The first-order valence-electron chi connectivity index (χ1n) is 9.60. The zero-order valence-corrected chi connectivity index (χ0v) is 18.6. The normalized spacial score (nSPS) is 13.1. The van der Waals surface area contributed by atoms with Gasteiger partial charge in [-0.05, 0) is 0 Å². The van der Waals surface area contributed by atoms with Crippen molar-refractivity contribution in [2.24, 2.45) is 0 Å². The molecule has 0 unspecified atom stereocenters. The van der Waals surface area contributed by atoms with Crippen LogP contribution in [-0.2, 0) is 0 Å². The molecule has 0 nitrogen and oxygen atoms in total. The van der Waals surface area contributed by atoms with Gasteiger partial charge in [-0.25, -0.2) is 0 Å². The van der Waals surface area contributed by atoms with Gasteiger partial charge in [-0.1, -0.05) is 0 Å². The summed E-state index contributed by atoms with van der Waals surface area (Å²) < 4.78 is -2.51. The summed E-state index contributed by atoms with van der Waals surface area (Å²) in [5.41, 5.74) is 0. The molecule has 0 heterocycles. The predicted molar refractivity (Wildman–Crippen MR) is 128 cm³/mol. The zero-order chi connectivity index (χ0) is 18.3. The van der Waals surface area contributed by atoms with Crippen molar-refractivity contribution in [3.8, 4) is 0 Å². The fourth-order valence-electron chi connectivity index (χ4n) is 3.89. The third kappa shape index (κ3) is 3.62. The second-order valence-corrected chi connectivity index (χ2v) is 17.7. The number of halogens is 1. The molecule has 0 spiro atoms. The fourth-order valence-corrected chi connectivity index (χ4v) is 12.7. The molecule has 0 aliphatic rings. The van der Waals surface area contributed by atoms with E-state index in [0.717, 1.165) is 0 Å². The van der Waals surface area contributed by atoms with Crippen molar-refractivity contribution in [3.63, 3.8) is 0 Å². The minimum atomic E-state index is -2.51. The molecule has 0 amide bonds. The molecule has 3 aromatic carbocycles. The Morgan fingerprint density at radius 1 is 0.577 bits per heavy atom. The number of hydrogen-bond donors (Lipinski definition) is 0. The summed E-state index contributed by atoms with van der Waals surface area (Å²) in [6, 6.07) is 33.7. The summed E-state index contributed by atoms with van der Waals surface area (Å²) in [7, 11) is 0. The summed E-state index contributed by atoms with van der Waals surface area (Å²) in [4.78, 5) is 0. The van der Waals surface area contributed by atoms with Crippen LogP contribution in [0.3, 0.4) is 0 Å². The first kappa shape index (κ1) is 19.6. The first-order valence-corrected chi connectivity index (χ1v) is 14.8. The molecular formula is C24H28IP. The van der Waals surface area contributed by atoms with Gasteiger partial charge >= 0.3 is 172 Å². The van der Waals surface area contributed by atoms with E-state index in [1.54, 1.807) is 0 Å². The molecule has 0 bridgehead atoms. The van der Waals surface area contributed by atoms with Gasteiger partial charge in [0.15, 0.2) is 0 Å². The minimum absolute atomic E-state index is 1.23. The van der Waals surface area contributed by atoms with E-state index in [2.05, 4.69) is 120 Å². The topological polar surface area (TPSA) is 0 Å². The standard InChI is InChI=1S/C24H28IP/c1-2-3-4-14-21-26(25,22-15-8-5-9-16-22,23-17-10-6-11-18-23)24-19-12-7-13-20-24/h5-13,15-20H,2-4,14,21H2,1H3. The van der Waals surface area contributed by atoms with Crippen molar-refractivity contribution < 1.29 is 0 Å². The van der Waals surface area contributed by atoms with Gasteiger partial charge in [0, 0.05) is 0 Å². The molecule has 0 saturated carbocycles. The second-order valence-electron chi connectivity index (χ2n) is 6.97. The van der Waals surface area contributed by atoms with Gasteiger partial charge in [0.2, 0.25) is 0 Å². The Morgan fingerprint density at radius 2 is 0.962 bits per heavy atom. The molecule has 0 fully saturated rings. The van der Waals surface area contributed by atoms with Crippen LogP contribution in [0.1, 0.15) is 32.6 Å². The van der Waals surface area contributed by atoms with Crippen LogP contribution in [0, 0.1) is 0 Å². The van der Waals surface area contributed by atoms with Gasteiger partial charge in [0.1, 0.15) is 0 Å². The van der Waals surface area contributed by atoms with Crippen LogP contribution in [-0.4, -0.2) is 6.16 Å². The molecule has 0 atom stereocenters. The quantitative estimate of drug-likeness (QED) is 0.200. The fraction of sp³-hybridized carbons (Fsp3) is 0.250. The molecule has 0 aliphatic heterocycles. The molecule has 3 aromatic rings. The van der Waals surface area contributed by atoms with E-state index in [1.807, 2.05) is 0 Å². The molecule has 0 N–H and O–H groups in total. The van der Waals surface area contributed by atoms with Gasteiger partial charge in [0.25, 0.3) is 0 Å². The molecule has 3 rings (SSSR count). The summed E-state index contributed by atoms with van der Waals surface area (Å²) in [5, 5.41) is 4.48. The molecule has 0 saturated heterocycles. The monoisotopic (exact) mass is 474 g/mol. The SMILES string of the molecule is CCCCCCP(I)(c1ccccc1)(c1ccccc1)c1ccccc1. The van der Waals surface area contributed by atoms with Crippen molar-refractivity contribution in [2.75, 3.05) is 6.16 Å². The average molecular weight is 474 g/mol. The van der Waals surface area contributed by atoms with E-state index in [-0.39, 0.29) is 0 Å². The van der Waals surface area contributed by atoms with Crippen molar-refractivity contribution >= 4 is 42.2 Å². The third-order valence-corrected chi connectivity index (χ3v) is 17.1. The Morgan fingerprint density at radius 3 is 1.31 bits per heavy atom. The van der Waals surface area contributed by atoms with Crippen LogP contribution in [0.15, 0.2) is 91.0 Å². The first-order chi connectivity index (χ1) is 12.7. The van der Waals surface area contributed by atoms with Crippen LogP contribution < -0.4 is 15.9 Å².